The van der Waals surface area contributed by atoms with Gasteiger partial charge in [-0.1, -0.05) is 16.4 Å². The Kier molecular flexibility index (Phi) is 1.62. The highest BCUT2D eigenvalue weighted by Gasteiger charge is 2.03. The molecular formula is C7H6ClN3O. The van der Waals surface area contributed by atoms with Gasteiger partial charge in [0.25, 0.3) is 0 Å². The molecule has 0 bridgehead atoms. The molecule has 0 saturated heterocycles. The molecule has 0 aliphatic rings. The zero-order chi connectivity index (χ0) is 8.55. The summed E-state index contributed by atoms with van der Waals surface area (Å²) < 4.78 is 0. The summed E-state index contributed by atoms with van der Waals surface area (Å²) in [4.78, 5) is 6.23. The van der Waals surface area contributed by atoms with Crippen LogP contribution in [0.5, 0.6) is 0 Å². The fraction of sp³-hybridized carbons (Fsp3) is 0.143. The van der Waals surface area contributed by atoms with Crippen LogP contribution in [0.2, 0.25) is 5.02 Å². The van der Waals surface area contributed by atoms with Gasteiger partial charge >= 0.3 is 0 Å². The van der Waals surface area contributed by atoms with E-state index in [0.717, 1.165) is 11.0 Å². The second-order valence-corrected chi connectivity index (χ2v) is 2.71. The van der Waals surface area contributed by atoms with Gasteiger partial charge in [0, 0.05) is 5.02 Å². The lowest BCUT2D eigenvalue weighted by Crippen LogP contribution is -2.06. The molecule has 0 fully saturated rings. The Morgan fingerprint density at radius 1 is 1.50 bits per heavy atom. The van der Waals surface area contributed by atoms with Gasteiger partial charge in [0.15, 0.2) is 0 Å². The van der Waals surface area contributed by atoms with Gasteiger partial charge < -0.3 is 4.84 Å². The van der Waals surface area contributed by atoms with Gasteiger partial charge in [0.05, 0.1) is 0 Å². The van der Waals surface area contributed by atoms with Crippen molar-refractivity contribution in [3.05, 3.63) is 23.2 Å². The van der Waals surface area contributed by atoms with Crippen LogP contribution in [-0.4, -0.2) is 22.3 Å². The van der Waals surface area contributed by atoms with Crippen LogP contribution in [0.25, 0.3) is 11.0 Å². The fourth-order valence-corrected chi connectivity index (χ4v) is 1.17. The topological polar surface area (TPSA) is 39.9 Å². The molecule has 0 aliphatic heterocycles. The van der Waals surface area contributed by atoms with Crippen molar-refractivity contribution in [3.63, 3.8) is 0 Å². The van der Waals surface area contributed by atoms with Gasteiger partial charge in [0.1, 0.15) is 18.1 Å². The molecule has 0 spiro atoms. The van der Waals surface area contributed by atoms with Crippen LogP contribution in [0.4, 0.5) is 0 Å². The second kappa shape index (κ2) is 2.64. The minimum atomic E-state index is 0.642. The maximum Gasteiger partial charge on any atom is 0.132 e. The number of benzene rings is 1. The third kappa shape index (κ3) is 1.00. The summed E-state index contributed by atoms with van der Waals surface area (Å²) in [5.74, 6) is 0. The van der Waals surface area contributed by atoms with Crippen molar-refractivity contribution in [1.82, 2.24) is 15.2 Å². The molecule has 0 radical (unpaired) electrons. The quantitative estimate of drug-likeness (QED) is 0.666. The minimum absolute atomic E-state index is 0.642. The van der Waals surface area contributed by atoms with Crippen LogP contribution in [-0.2, 0) is 0 Å². The summed E-state index contributed by atoms with van der Waals surface area (Å²) in [6, 6.07) is 5.30. The molecule has 2 rings (SSSR count). The third-order valence-corrected chi connectivity index (χ3v) is 1.79. The number of aromatic nitrogens is 3. The summed E-state index contributed by atoms with van der Waals surface area (Å²) in [5, 5.41) is 8.24. The molecule has 1 aromatic heterocycles. The molecule has 1 heterocycles. The lowest BCUT2D eigenvalue weighted by Gasteiger charge is -1.96. The second-order valence-electron chi connectivity index (χ2n) is 2.28. The maximum atomic E-state index is 5.78. The Morgan fingerprint density at radius 3 is 3.08 bits per heavy atom. The predicted octanol–water partition coefficient (Wildman–Crippen LogP) is 1.14. The molecule has 12 heavy (non-hydrogen) atoms. The highest BCUT2D eigenvalue weighted by Crippen LogP contribution is 2.15. The third-order valence-electron chi connectivity index (χ3n) is 1.55. The first-order valence-corrected chi connectivity index (χ1v) is 3.74. The standard InChI is InChI=1S/C7H6ClN3O/c1-12-11-7-4-5(8)2-3-6(7)9-10-11/h2-4H,1H3. The van der Waals surface area contributed by atoms with Crippen molar-refractivity contribution in [2.24, 2.45) is 0 Å². The highest BCUT2D eigenvalue weighted by atomic mass is 35.5. The van der Waals surface area contributed by atoms with Crippen LogP contribution < -0.4 is 4.84 Å². The molecule has 0 saturated carbocycles. The number of rotatable bonds is 1. The maximum absolute atomic E-state index is 5.78. The smallest absolute Gasteiger partial charge is 0.132 e. The number of hydrogen-bond donors (Lipinski definition) is 0. The van der Waals surface area contributed by atoms with Crippen molar-refractivity contribution in [3.8, 4) is 0 Å². The summed E-state index contributed by atoms with van der Waals surface area (Å²) in [6.07, 6.45) is 0. The van der Waals surface area contributed by atoms with Gasteiger partial charge in [0.2, 0.25) is 0 Å². The van der Waals surface area contributed by atoms with E-state index in [0.29, 0.717) is 5.02 Å². The number of fused-ring (bicyclic) bond motifs is 1. The Labute approximate surface area is 73.6 Å². The monoisotopic (exact) mass is 183 g/mol. The van der Waals surface area contributed by atoms with Crippen LogP contribution in [0.15, 0.2) is 18.2 Å². The van der Waals surface area contributed by atoms with E-state index in [1.807, 2.05) is 0 Å². The van der Waals surface area contributed by atoms with E-state index in [2.05, 4.69) is 10.3 Å². The first kappa shape index (κ1) is 7.36. The van der Waals surface area contributed by atoms with Gasteiger partial charge in [-0.3, -0.25) is 0 Å². The van der Waals surface area contributed by atoms with E-state index < -0.39 is 0 Å². The minimum Gasteiger partial charge on any atom is -0.398 e. The molecule has 62 valence electrons. The van der Waals surface area contributed by atoms with E-state index in [9.17, 15) is 0 Å². The largest absolute Gasteiger partial charge is 0.398 e. The Morgan fingerprint density at radius 2 is 2.33 bits per heavy atom. The van der Waals surface area contributed by atoms with E-state index in [4.69, 9.17) is 16.4 Å². The van der Waals surface area contributed by atoms with Gasteiger partial charge in [-0.25, -0.2) is 0 Å². The normalized spacial score (nSPS) is 10.5. The molecule has 0 N–H and O–H groups in total. The Hall–Kier alpha value is -1.29. The van der Waals surface area contributed by atoms with Crippen molar-refractivity contribution in [2.75, 3.05) is 7.11 Å². The van der Waals surface area contributed by atoms with E-state index in [-0.39, 0.29) is 0 Å². The average molecular weight is 184 g/mol. The average Bonchev–Trinajstić information content (AvgIpc) is 2.46. The lowest BCUT2D eigenvalue weighted by molar-refractivity contribution is 0.139. The van der Waals surface area contributed by atoms with E-state index in [1.54, 1.807) is 18.2 Å². The van der Waals surface area contributed by atoms with E-state index in [1.165, 1.54) is 12.0 Å². The highest BCUT2D eigenvalue weighted by molar-refractivity contribution is 6.31. The number of halogens is 1. The SMILES string of the molecule is COn1nnc2ccc(Cl)cc21. The number of hydrogen-bond acceptors (Lipinski definition) is 3. The van der Waals surface area contributed by atoms with E-state index >= 15 is 0 Å². The molecule has 5 heteroatoms. The molecule has 0 amide bonds. The summed E-state index contributed by atoms with van der Waals surface area (Å²) in [6.45, 7) is 0. The van der Waals surface area contributed by atoms with Gasteiger partial charge in [-0.15, -0.1) is 5.10 Å². The zero-order valence-corrected chi connectivity index (χ0v) is 7.12. The van der Waals surface area contributed by atoms with Gasteiger partial charge in [-0.2, -0.15) is 0 Å². The van der Waals surface area contributed by atoms with Crippen LogP contribution in [0, 0.1) is 0 Å². The van der Waals surface area contributed by atoms with Crippen molar-refractivity contribution >= 4 is 22.6 Å². The zero-order valence-electron chi connectivity index (χ0n) is 6.36. The molecule has 1 aromatic carbocycles. The number of nitrogens with zero attached hydrogens (tertiary/aromatic N) is 3. The van der Waals surface area contributed by atoms with Crippen molar-refractivity contribution < 1.29 is 4.84 Å². The van der Waals surface area contributed by atoms with Crippen LogP contribution in [0.3, 0.4) is 0 Å². The molecule has 0 unspecified atom stereocenters. The predicted molar refractivity (Wildman–Crippen MR) is 45.0 cm³/mol. The van der Waals surface area contributed by atoms with Crippen LogP contribution in [0.1, 0.15) is 0 Å². The fourth-order valence-electron chi connectivity index (χ4n) is 1.01. The van der Waals surface area contributed by atoms with Crippen molar-refractivity contribution in [2.45, 2.75) is 0 Å². The summed E-state index contributed by atoms with van der Waals surface area (Å²) >= 11 is 5.78. The molecule has 0 atom stereocenters. The summed E-state index contributed by atoms with van der Waals surface area (Å²) in [5.41, 5.74) is 1.53. The van der Waals surface area contributed by atoms with Crippen molar-refractivity contribution in [1.29, 1.82) is 0 Å². The first-order chi connectivity index (χ1) is 5.81. The van der Waals surface area contributed by atoms with Gasteiger partial charge in [-0.05, 0) is 23.4 Å². The molecule has 4 nitrogen and oxygen atoms in total. The molecular weight excluding hydrogens is 178 g/mol. The Bertz CT molecular complexity index is 412. The molecule has 2 aromatic rings. The molecule has 0 aliphatic carbocycles. The Balaban J connectivity index is 2.75. The first-order valence-electron chi connectivity index (χ1n) is 3.37. The summed E-state index contributed by atoms with van der Waals surface area (Å²) in [7, 11) is 1.52. The van der Waals surface area contributed by atoms with Crippen LogP contribution >= 0.6 is 11.6 Å². The lowest BCUT2D eigenvalue weighted by atomic mass is 10.3.